The Labute approximate surface area is 151 Å². The summed E-state index contributed by atoms with van der Waals surface area (Å²) in [6.07, 6.45) is 0.454. The third kappa shape index (κ3) is 3.71. The Hall–Kier alpha value is -2.67. The Bertz CT molecular complexity index is 954. The van der Waals surface area contributed by atoms with Gasteiger partial charge in [0, 0.05) is 21.6 Å². The molecule has 3 aromatic rings. The topological polar surface area (TPSA) is 71.2 Å². The molecule has 3 rings (SSSR count). The van der Waals surface area contributed by atoms with E-state index in [0.717, 1.165) is 5.52 Å². The number of hydrogen-bond donors (Lipinski definition) is 2. The quantitative estimate of drug-likeness (QED) is 0.638. The summed E-state index contributed by atoms with van der Waals surface area (Å²) >= 11 is 3.14. The number of carbonyl (C=O) groups excluding carboxylic acids is 2. The number of ether oxygens (including phenoxy) is 1. The third-order valence-corrected chi connectivity index (χ3v) is 4.14. The molecule has 1 atom stereocenters. The zero-order chi connectivity index (χ0) is 18.0. The molecule has 128 valence electrons. The predicted molar refractivity (Wildman–Crippen MR) is 95.9 cm³/mol. The smallest absolute Gasteiger partial charge is 0.341 e. The Morgan fingerprint density at radius 1 is 1.24 bits per heavy atom. The van der Waals surface area contributed by atoms with E-state index in [1.54, 1.807) is 18.2 Å². The molecule has 0 aliphatic heterocycles. The number of H-pyrrole nitrogens is 1. The average Bonchev–Trinajstić information content (AvgIpc) is 3.01. The summed E-state index contributed by atoms with van der Waals surface area (Å²) in [5, 5.41) is 3.11. The van der Waals surface area contributed by atoms with E-state index in [-0.39, 0.29) is 5.69 Å². The lowest BCUT2D eigenvalue weighted by Crippen LogP contribution is -2.30. The van der Waals surface area contributed by atoms with Crippen LogP contribution in [0.25, 0.3) is 10.9 Å². The molecule has 0 aliphatic carbocycles. The first kappa shape index (κ1) is 17.2. The lowest BCUT2D eigenvalue weighted by atomic mass is 10.2. The molecule has 5 nitrogen and oxygen atoms in total. The molecular formula is C18H14BrFN2O3. The van der Waals surface area contributed by atoms with Crippen LogP contribution in [0.2, 0.25) is 0 Å². The maximum Gasteiger partial charge on any atom is 0.341 e. The minimum atomic E-state index is -1.08. The number of benzene rings is 2. The monoisotopic (exact) mass is 404 g/mol. The van der Waals surface area contributed by atoms with Crippen LogP contribution in [0.5, 0.6) is 0 Å². The summed E-state index contributed by atoms with van der Waals surface area (Å²) in [5.41, 5.74) is 1.15. The van der Waals surface area contributed by atoms with Crippen LogP contribution in [0, 0.1) is 5.82 Å². The van der Waals surface area contributed by atoms with Crippen molar-refractivity contribution < 1.29 is 18.7 Å². The van der Waals surface area contributed by atoms with E-state index in [9.17, 15) is 14.0 Å². The Morgan fingerprint density at radius 2 is 2.00 bits per heavy atom. The molecule has 1 amide bonds. The fraction of sp³-hybridized carbons (Fsp3) is 0.111. The van der Waals surface area contributed by atoms with Gasteiger partial charge in [-0.25, -0.2) is 9.18 Å². The lowest BCUT2D eigenvalue weighted by Gasteiger charge is -2.13. The second-order valence-electron chi connectivity index (χ2n) is 5.41. The first-order chi connectivity index (χ1) is 12.0. The number of rotatable bonds is 4. The van der Waals surface area contributed by atoms with Gasteiger partial charge in [-0.3, -0.25) is 4.79 Å². The fourth-order valence-electron chi connectivity index (χ4n) is 2.34. The number of nitrogens with one attached hydrogen (secondary N) is 2. The largest absolute Gasteiger partial charge is 0.449 e. The van der Waals surface area contributed by atoms with Crippen LogP contribution in [0.15, 0.2) is 53.1 Å². The van der Waals surface area contributed by atoms with E-state index < -0.39 is 23.8 Å². The van der Waals surface area contributed by atoms with Crippen LogP contribution >= 0.6 is 15.9 Å². The van der Waals surface area contributed by atoms with E-state index in [2.05, 4.69) is 26.2 Å². The van der Waals surface area contributed by atoms with E-state index in [1.165, 1.54) is 25.3 Å². The van der Waals surface area contributed by atoms with Gasteiger partial charge in [-0.05, 0) is 31.2 Å². The molecule has 0 saturated carbocycles. The van der Waals surface area contributed by atoms with Crippen molar-refractivity contribution in [2.24, 2.45) is 0 Å². The first-order valence-electron chi connectivity index (χ1n) is 7.48. The van der Waals surface area contributed by atoms with Crippen molar-refractivity contribution in [3.05, 3.63) is 64.5 Å². The van der Waals surface area contributed by atoms with Crippen molar-refractivity contribution >= 4 is 44.4 Å². The normalized spacial score (nSPS) is 12.0. The molecule has 1 aromatic heterocycles. The number of fused-ring (bicyclic) bond motifs is 1. The van der Waals surface area contributed by atoms with Gasteiger partial charge < -0.3 is 15.0 Å². The molecule has 2 aromatic carbocycles. The number of aromatic amines is 1. The van der Waals surface area contributed by atoms with Crippen molar-refractivity contribution in [3.8, 4) is 0 Å². The molecule has 25 heavy (non-hydrogen) atoms. The lowest BCUT2D eigenvalue weighted by molar-refractivity contribution is -0.123. The Morgan fingerprint density at radius 3 is 2.76 bits per heavy atom. The molecule has 2 N–H and O–H groups in total. The number of aromatic nitrogens is 1. The van der Waals surface area contributed by atoms with Gasteiger partial charge in [0.2, 0.25) is 0 Å². The highest BCUT2D eigenvalue weighted by Crippen LogP contribution is 2.21. The fourth-order valence-corrected chi connectivity index (χ4v) is 2.68. The summed E-state index contributed by atoms with van der Waals surface area (Å²) in [6, 6.07) is 11.5. The number of anilines is 1. The summed E-state index contributed by atoms with van der Waals surface area (Å²) < 4.78 is 19.5. The van der Waals surface area contributed by atoms with Gasteiger partial charge in [-0.2, -0.15) is 0 Å². The SMILES string of the molecule is C[C@@H](OC(=O)c1c[nH]c2ccccc12)C(=O)Nc1ccc(Br)cc1F. The molecule has 0 bridgehead atoms. The summed E-state index contributed by atoms with van der Waals surface area (Å²) in [6.45, 7) is 1.43. The minimum Gasteiger partial charge on any atom is -0.449 e. The van der Waals surface area contributed by atoms with E-state index >= 15 is 0 Å². The predicted octanol–water partition coefficient (Wildman–Crippen LogP) is 4.25. The van der Waals surface area contributed by atoms with Crippen molar-refractivity contribution in [2.45, 2.75) is 13.0 Å². The number of amides is 1. The van der Waals surface area contributed by atoms with Crippen LogP contribution in [-0.4, -0.2) is 23.0 Å². The standard InChI is InChI=1S/C18H14BrFN2O3/c1-10(17(23)22-16-7-6-11(19)8-14(16)20)25-18(24)13-9-21-15-5-3-2-4-12(13)15/h2-10,21H,1H3,(H,22,23)/t10-/m1/s1. The molecule has 0 spiro atoms. The Kier molecular flexibility index (Phi) is 4.85. The van der Waals surface area contributed by atoms with Gasteiger partial charge >= 0.3 is 5.97 Å². The van der Waals surface area contributed by atoms with Gasteiger partial charge in [0.05, 0.1) is 11.3 Å². The number of carbonyl (C=O) groups is 2. The highest BCUT2D eigenvalue weighted by molar-refractivity contribution is 9.10. The maximum absolute atomic E-state index is 13.8. The van der Waals surface area contributed by atoms with Crippen LogP contribution in [0.1, 0.15) is 17.3 Å². The highest BCUT2D eigenvalue weighted by atomic mass is 79.9. The Balaban J connectivity index is 1.69. The highest BCUT2D eigenvalue weighted by Gasteiger charge is 2.21. The molecule has 1 heterocycles. The van der Waals surface area contributed by atoms with Crippen molar-refractivity contribution in [2.75, 3.05) is 5.32 Å². The number of esters is 1. The van der Waals surface area contributed by atoms with Gasteiger partial charge in [0.15, 0.2) is 6.10 Å². The van der Waals surface area contributed by atoms with Crippen molar-refractivity contribution in [1.82, 2.24) is 4.98 Å². The van der Waals surface area contributed by atoms with Crippen LogP contribution < -0.4 is 5.32 Å². The van der Waals surface area contributed by atoms with Gasteiger partial charge in [-0.15, -0.1) is 0 Å². The zero-order valence-electron chi connectivity index (χ0n) is 13.2. The summed E-state index contributed by atoms with van der Waals surface area (Å²) in [7, 11) is 0. The molecule has 0 fully saturated rings. The number of halogens is 2. The van der Waals surface area contributed by atoms with Crippen LogP contribution in [0.3, 0.4) is 0 Å². The van der Waals surface area contributed by atoms with E-state index in [4.69, 9.17) is 4.74 Å². The van der Waals surface area contributed by atoms with Crippen LogP contribution in [0.4, 0.5) is 10.1 Å². The number of para-hydroxylation sites is 1. The minimum absolute atomic E-state index is 0.0168. The number of hydrogen-bond acceptors (Lipinski definition) is 3. The van der Waals surface area contributed by atoms with Crippen molar-refractivity contribution in [3.63, 3.8) is 0 Å². The van der Waals surface area contributed by atoms with Gasteiger partial charge in [-0.1, -0.05) is 34.1 Å². The maximum atomic E-state index is 13.8. The second kappa shape index (κ2) is 7.06. The zero-order valence-corrected chi connectivity index (χ0v) is 14.8. The molecule has 0 unspecified atom stereocenters. The van der Waals surface area contributed by atoms with Crippen molar-refractivity contribution in [1.29, 1.82) is 0 Å². The molecule has 0 saturated heterocycles. The molecule has 0 aliphatic rings. The molecule has 7 heteroatoms. The summed E-state index contributed by atoms with van der Waals surface area (Å²) in [4.78, 5) is 27.4. The molecular weight excluding hydrogens is 391 g/mol. The van der Waals surface area contributed by atoms with Gasteiger partial charge in [0.25, 0.3) is 5.91 Å². The third-order valence-electron chi connectivity index (χ3n) is 3.65. The average molecular weight is 405 g/mol. The van der Waals surface area contributed by atoms with E-state index in [0.29, 0.717) is 15.4 Å². The second-order valence-corrected chi connectivity index (χ2v) is 6.32. The van der Waals surface area contributed by atoms with E-state index in [1.807, 2.05) is 12.1 Å². The summed E-state index contributed by atoms with van der Waals surface area (Å²) in [5.74, 6) is -1.83. The molecule has 0 radical (unpaired) electrons. The first-order valence-corrected chi connectivity index (χ1v) is 8.28. The van der Waals surface area contributed by atoms with Crippen LogP contribution in [-0.2, 0) is 9.53 Å². The van der Waals surface area contributed by atoms with Gasteiger partial charge in [0.1, 0.15) is 5.82 Å².